The molecule has 0 saturated heterocycles. The lowest BCUT2D eigenvalue weighted by Gasteiger charge is -2.15. The van der Waals surface area contributed by atoms with Crippen LogP contribution < -0.4 is 5.32 Å². The summed E-state index contributed by atoms with van der Waals surface area (Å²) in [6.07, 6.45) is 0. The van der Waals surface area contributed by atoms with Crippen LogP contribution in [-0.2, 0) is 4.74 Å². The lowest BCUT2D eigenvalue weighted by Crippen LogP contribution is -2.27. The summed E-state index contributed by atoms with van der Waals surface area (Å²) in [5.74, 6) is -1.31. The Morgan fingerprint density at radius 1 is 1.16 bits per heavy atom. The van der Waals surface area contributed by atoms with Crippen LogP contribution in [0, 0.1) is 10.1 Å². The maximum Gasteiger partial charge on any atom is 0.338 e. The van der Waals surface area contributed by atoms with Crippen molar-refractivity contribution in [1.29, 1.82) is 0 Å². The van der Waals surface area contributed by atoms with E-state index in [4.69, 9.17) is 11.6 Å². The molecule has 2 aromatic rings. The van der Waals surface area contributed by atoms with Crippen LogP contribution in [0.25, 0.3) is 0 Å². The van der Waals surface area contributed by atoms with Crippen LogP contribution in [0.2, 0.25) is 5.02 Å². The highest BCUT2D eigenvalue weighted by Crippen LogP contribution is 2.20. The van der Waals surface area contributed by atoms with Crippen molar-refractivity contribution in [2.75, 3.05) is 7.11 Å². The highest BCUT2D eigenvalue weighted by molar-refractivity contribution is 6.30. The van der Waals surface area contributed by atoms with Gasteiger partial charge in [0.1, 0.15) is 0 Å². The number of benzene rings is 2. The van der Waals surface area contributed by atoms with Gasteiger partial charge >= 0.3 is 5.97 Å². The van der Waals surface area contributed by atoms with Crippen LogP contribution in [0.5, 0.6) is 0 Å². The normalized spacial score (nSPS) is 11.5. The van der Waals surface area contributed by atoms with E-state index in [2.05, 4.69) is 10.1 Å². The van der Waals surface area contributed by atoms with E-state index in [1.165, 1.54) is 6.07 Å². The number of hydrogen-bond acceptors (Lipinski definition) is 5. The zero-order valence-corrected chi connectivity index (χ0v) is 14.2. The number of rotatable bonds is 5. The summed E-state index contributed by atoms with van der Waals surface area (Å²) < 4.78 is 4.56. The zero-order chi connectivity index (χ0) is 18.6. The Hall–Kier alpha value is -2.93. The maximum absolute atomic E-state index is 12.4. The van der Waals surface area contributed by atoms with E-state index in [1.807, 2.05) is 0 Å². The van der Waals surface area contributed by atoms with Gasteiger partial charge in [0, 0.05) is 22.7 Å². The number of non-ortho nitro benzene ring substituents is 1. The summed E-state index contributed by atoms with van der Waals surface area (Å²) in [6, 6.07) is 9.99. The summed E-state index contributed by atoms with van der Waals surface area (Å²) in [5, 5.41) is 14.3. The number of nitro groups is 1. The molecular weight excluding hydrogens is 348 g/mol. The molecule has 25 heavy (non-hydrogen) atoms. The van der Waals surface area contributed by atoms with Crippen molar-refractivity contribution in [3.63, 3.8) is 0 Å². The van der Waals surface area contributed by atoms with Crippen LogP contribution in [-0.4, -0.2) is 23.9 Å². The first-order valence-electron chi connectivity index (χ1n) is 7.26. The number of carbonyl (C=O) groups is 2. The van der Waals surface area contributed by atoms with Gasteiger partial charge < -0.3 is 10.1 Å². The van der Waals surface area contributed by atoms with E-state index in [-0.39, 0.29) is 22.9 Å². The number of nitrogens with zero attached hydrogens (tertiary/aromatic N) is 1. The molecule has 2 rings (SSSR count). The van der Waals surface area contributed by atoms with Crippen LogP contribution in [0.1, 0.15) is 39.2 Å². The number of hydrogen-bond donors (Lipinski definition) is 1. The Morgan fingerprint density at radius 2 is 1.76 bits per heavy atom. The molecule has 1 atom stereocenters. The number of nitrogens with one attached hydrogen (secondary N) is 1. The smallest absolute Gasteiger partial charge is 0.338 e. The van der Waals surface area contributed by atoms with Crippen molar-refractivity contribution in [3.8, 4) is 0 Å². The molecule has 1 N–H and O–H groups in total. The minimum Gasteiger partial charge on any atom is -0.465 e. The Kier molecular flexibility index (Phi) is 5.71. The summed E-state index contributed by atoms with van der Waals surface area (Å²) >= 11 is 5.83. The minimum atomic E-state index is -0.761. The lowest BCUT2D eigenvalue weighted by molar-refractivity contribution is -0.384. The monoisotopic (exact) mass is 362 g/mol. The number of esters is 1. The molecule has 1 unspecified atom stereocenters. The van der Waals surface area contributed by atoms with Gasteiger partial charge in [-0.3, -0.25) is 14.9 Å². The molecule has 7 nitrogen and oxygen atoms in total. The molecule has 0 aliphatic heterocycles. The number of ether oxygens (including phenoxy) is 1. The predicted molar refractivity (Wildman–Crippen MR) is 91.8 cm³/mol. The van der Waals surface area contributed by atoms with Gasteiger partial charge in [0.05, 0.1) is 23.6 Å². The second kappa shape index (κ2) is 7.76. The molecule has 0 aliphatic carbocycles. The molecular formula is C17H15ClN2O5. The number of amides is 1. The molecule has 2 aromatic carbocycles. The SMILES string of the molecule is COC(=O)c1cc(C(=O)NC(C)c2ccc(Cl)cc2)cc([N+](=O)[O-])c1. The Labute approximate surface area is 148 Å². The molecule has 0 spiro atoms. The first-order chi connectivity index (χ1) is 11.8. The predicted octanol–water partition coefficient (Wildman–Crippen LogP) is 3.53. The van der Waals surface area contributed by atoms with E-state index in [0.29, 0.717) is 5.02 Å². The van der Waals surface area contributed by atoms with E-state index >= 15 is 0 Å². The van der Waals surface area contributed by atoms with Gasteiger partial charge in [0.25, 0.3) is 11.6 Å². The maximum atomic E-state index is 12.4. The molecule has 8 heteroatoms. The first kappa shape index (κ1) is 18.4. The molecule has 0 aliphatic rings. The van der Waals surface area contributed by atoms with Gasteiger partial charge in [-0.25, -0.2) is 4.79 Å². The van der Waals surface area contributed by atoms with E-state index < -0.39 is 16.8 Å². The van der Waals surface area contributed by atoms with Gasteiger partial charge in [-0.2, -0.15) is 0 Å². The molecule has 0 aromatic heterocycles. The summed E-state index contributed by atoms with van der Waals surface area (Å²) in [5.41, 5.74) is 0.375. The summed E-state index contributed by atoms with van der Waals surface area (Å²) in [7, 11) is 1.16. The third-order valence-corrected chi connectivity index (χ3v) is 3.78. The van der Waals surface area contributed by atoms with Gasteiger partial charge in [-0.15, -0.1) is 0 Å². The van der Waals surface area contributed by atoms with Gasteiger partial charge in [0.2, 0.25) is 0 Å². The van der Waals surface area contributed by atoms with Gasteiger partial charge in [-0.05, 0) is 30.7 Å². The molecule has 0 radical (unpaired) electrons. The van der Waals surface area contributed by atoms with E-state index in [1.54, 1.807) is 31.2 Å². The number of nitro benzene ring substituents is 1. The van der Waals surface area contributed by atoms with Crippen LogP contribution in [0.3, 0.4) is 0 Å². The fourth-order valence-electron chi connectivity index (χ4n) is 2.20. The third-order valence-electron chi connectivity index (χ3n) is 3.53. The zero-order valence-electron chi connectivity index (χ0n) is 13.5. The molecule has 0 fully saturated rings. The molecule has 0 heterocycles. The number of methoxy groups -OCH3 is 1. The fraction of sp³-hybridized carbons (Fsp3) is 0.176. The second-order valence-corrected chi connectivity index (χ2v) is 5.70. The molecule has 0 saturated carbocycles. The van der Waals surface area contributed by atoms with Crippen LogP contribution in [0.15, 0.2) is 42.5 Å². The average Bonchev–Trinajstić information content (AvgIpc) is 2.60. The minimum absolute atomic E-state index is 0.00425. The quantitative estimate of drug-likeness (QED) is 0.498. The van der Waals surface area contributed by atoms with Gasteiger partial charge in [0.15, 0.2) is 0 Å². The Bertz CT molecular complexity index is 820. The molecule has 0 bridgehead atoms. The first-order valence-corrected chi connectivity index (χ1v) is 7.63. The van der Waals surface area contributed by atoms with E-state index in [9.17, 15) is 19.7 Å². The Balaban J connectivity index is 2.28. The largest absolute Gasteiger partial charge is 0.465 e. The number of carbonyl (C=O) groups excluding carboxylic acids is 2. The lowest BCUT2D eigenvalue weighted by atomic mass is 10.1. The summed E-state index contributed by atoms with van der Waals surface area (Å²) in [6.45, 7) is 1.76. The topological polar surface area (TPSA) is 98.5 Å². The highest BCUT2D eigenvalue weighted by atomic mass is 35.5. The molecule has 130 valence electrons. The summed E-state index contributed by atoms with van der Waals surface area (Å²) in [4.78, 5) is 34.4. The average molecular weight is 363 g/mol. The van der Waals surface area contributed by atoms with Crippen molar-refractivity contribution in [2.45, 2.75) is 13.0 Å². The van der Waals surface area contributed by atoms with Crippen molar-refractivity contribution in [2.24, 2.45) is 0 Å². The third kappa shape index (κ3) is 4.54. The van der Waals surface area contributed by atoms with Crippen molar-refractivity contribution < 1.29 is 19.2 Å². The highest BCUT2D eigenvalue weighted by Gasteiger charge is 2.19. The van der Waals surface area contributed by atoms with Crippen molar-refractivity contribution >= 4 is 29.2 Å². The standard InChI is InChI=1S/C17H15ClN2O5/c1-10(11-3-5-14(18)6-4-11)19-16(21)12-7-13(17(22)25-2)9-15(8-12)20(23)24/h3-10H,1-2H3,(H,19,21). The van der Waals surface area contributed by atoms with Crippen molar-refractivity contribution in [1.82, 2.24) is 5.32 Å². The second-order valence-electron chi connectivity index (χ2n) is 5.26. The van der Waals surface area contributed by atoms with Gasteiger partial charge in [-0.1, -0.05) is 23.7 Å². The molecule has 1 amide bonds. The number of halogens is 1. The van der Waals surface area contributed by atoms with E-state index in [0.717, 1.165) is 24.8 Å². The fourth-order valence-corrected chi connectivity index (χ4v) is 2.32. The van der Waals surface area contributed by atoms with Crippen molar-refractivity contribution in [3.05, 3.63) is 74.3 Å². The van der Waals surface area contributed by atoms with Crippen LogP contribution >= 0.6 is 11.6 Å². The Morgan fingerprint density at radius 3 is 2.32 bits per heavy atom. The van der Waals surface area contributed by atoms with Crippen LogP contribution in [0.4, 0.5) is 5.69 Å².